The number of methoxy groups -OCH3 is 1. The molecule has 0 saturated carbocycles. The Morgan fingerprint density at radius 1 is 1.53 bits per heavy atom. The molecule has 1 fully saturated rings. The van der Waals surface area contributed by atoms with Crippen LogP contribution < -0.4 is 10.5 Å². The number of benzene rings is 1. The Balaban J connectivity index is 2.25. The van der Waals surface area contributed by atoms with Gasteiger partial charge in [0.1, 0.15) is 0 Å². The molecule has 1 aromatic carbocycles. The summed E-state index contributed by atoms with van der Waals surface area (Å²) in [5, 5.41) is 0. The highest BCUT2D eigenvalue weighted by atomic mass is 19.1. The zero-order chi connectivity index (χ0) is 10.8. The van der Waals surface area contributed by atoms with Gasteiger partial charge in [0.15, 0.2) is 11.6 Å². The number of ether oxygens (including phenoxy) is 2. The minimum atomic E-state index is -0.377. The number of halogens is 1. The van der Waals surface area contributed by atoms with Gasteiger partial charge in [-0.25, -0.2) is 4.39 Å². The van der Waals surface area contributed by atoms with Gasteiger partial charge < -0.3 is 15.2 Å². The predicted octanol–water partition coefficient (Wildman–Crippen LogP) is 1.62. The molecule has 1 aliphatic rings. The van der Waals surface area contributed by atoms with Crippen molar-refractivity contribution in [1.82, 2.24) is 0 Å². The average molecular weight is 211 g/mol. The van der Waals surface area contributed by atoms with Crippen molar-refractivity contribution in [3.63, 3.8) is 0 Å². The molecule has 1 aromatic rings. The lowest BCUT2D eigenvalue weighted by Crippen LogP contribution is -2.23. The molecule has 15 heavy (non-hydrogen) atoms. The van der Waals surface area contributed by atoms with E-state index in [1.54, 1.807) is 12.1 Å². The van der Waals surface area contributed by atoms with E-state index in [9.17, 15) is 4.39 Å². The summed E-state index contributed by atoms with van der Waals surface area (Å²) in [7, 11) is 1.44. The first-order valence-corrected chi connectivity index (χ1v) is 4.93. The zero-order valence-electron chi connectivity index (χ0n) is 8.57. The maximum absolute atomic E-state index is 13.4. The third-order valence-electron chi connectivity index (χ3n) is 2.64. The maximum Gasteiger partial charge on any atom is 0.165 e. The van der Waals surface area contributed by atoms with Crippen LogP contribution in [0.3, 0.4) is 0 Å². The van der Waals surface area contributed by atoms with Gasteiger partial charge in [-0.05, 0) is 24.1 Å². The molecular formula is C11H14FNO2. The predicted molar refractivity (Wildman–Crippen MR) is 54.2 cm³/mol. The molecule has 0 spiro atoms. The van der Waals surface area contributed by atoms with E-state index in [0.717, 1.165) is 12.0 Å². The van der Waals surface area contributed by atoms with Gasteiger partial charge in [-0.3, -0.25) is 0 Å². The minimum absolute atomic E-state index is 0.0437. The second-order valence-corrected chi connectivity index (χ2v) is 3.64. The van der Waals surface area contributed by atoms with Gasteiger partial charge in [-0.2, -0.15) is 0 Å². The Kier molecular flexibility index (Phi) is 2.88. The summed E-state index contributed by atoms with van der Waals surface area (Å²) in [6.45, 7) is 0.638. The van der Waals surface area contributed by atoms with Gasteiger partial charge in [-0.1, -0.05) is 6.07 Å². The monoisotopic (exact) mass is 211 g/mol. The van der Waals surface area contributed by atoms with Crippen LogP contribution in [0.4, 0.5) is 4.39 Å². The Bertz CT molecular complexity index is 356. The highest BCUT2D eigenvalue weighted by Crippen LogP contribution is 2.30. The molecular weight excluding hydrogens is 197 g/mol. The summed E-state index contributed by atoms with van der Waals surface area (Å²) in [5.74, 6) is -0.136. The van der Waals surface area contributed by atoms with Crippen molar-refractivity contribution in [2.24, 2.45) is 5.73 Å². The van der Waals surface area contributed by atoms with Gasteiger partial charge in [0.05, 0.1) is 13.2 Å². The molecule has 1 heterocycles. The van der Waals surface area contributed by atoms with Crippen molar-refractivity contribution in [3.05, 3.63) is 29.6 Å². The Morgan fingerprint density at radius 2 is 2.33 bits per heavy atom. The lowest BCUT2D eigenvalue weighted by molar-refractivity contribution is 0.105. The van der Waals surface area contributed by atoms with Gasteiger partial charge in [0.25, 0.3) is 0 Å². The summed E-state index contributed by atoms with van der Waals surface area (Å²) in [6.07, 6.45) is 0.628. The van der Waals surface area contributed by atoms with E-state index in [2.05, 4.69) is 0 Å². The van der Waals surface area contributed by atoms with Crippen LogP contribution in [0.1, 0.15) is 18.1 Å². The van der Waals surface area contributed by atoms with Gasteiger partial charge in [0, 0.05) is 12.6 Å². The number of rotatable bonds is 2. The molecule has 2 unspecified atom stereocenters. The molecule has 0 aromatic heterocycles. The molecule has 1 saturated heterocycles. The molecule has 0 aliphatic carbocycles. The first-order valence-electron chi connectivity index (χ1n) is 4.93. The Morgan fingerprint density at radius 3 is 2.87 bits per heavy atom. The topological polar surface area (TPSA) is 44.5 Å². The summed E-state index contributed by atoms with van der Waals surface area (Å²) < 4.78 is 23.7. The van der Waals surface area contributed by atoms with Crippen LogP contribution in [0.25, 0.3) is 0 Å². The van der Waals surface area contributed by atoms with Crippen LogP contribution in [0.15, 0.2) is 18.2 Å². The fourth-order valence-electron chi connectivity index (χ4n) is 1.81. The summed E-state index contributed by atoms with van der Waals surface area (Å²) in [5.41, 5.74) is 6.63. The first kappa shape index (κ1) is 10.4. The standard InChI is InChI=1S/C11H14FNO2/c1-14-10-3-2-7(6-8(10)12)11-9(13)4-5-15-11/h2-3,6,9,11H,4-5,13H2,1H3. The number of hydrogen-bond donors (Lipinski definition) is 1. The highest BCUT2D eigenvalue weighted by Gasteiger charge is 2.26. The van der Waals surface area contributed by atoms with Crippen molar-refractivity contribution < 1.29 is 13.9 Å². The van der Waals surface area contributed by atoms with E-state index in [1.165, 1.54) is 13.2 Å². The summed E-state index contributed by atoms with van der Waals surface area (Å²) >= 11 is 0. The molecule has 4 heteroatoms. The van der Waals surface area contributed by atoms with Crippen molar-refractivity contribution >= 4 is 0 Å². The van der Waals surface area contributed by atoms with Crippen LogP contribution in [-0.2, 0) is 4.74 Å². The molecule has 3 nitrogen and oxygen atoms in total. The molecule has 2 rings (SSSR count). The SMILES string of the molecule is COc1ccc(C2OCCC2N)cc1F. The number of nitrogens with two attached hydrogens (primary N) is 1. The molecule has 2 N–H and O–H groups in total. The fourth-order valence-corrected chi connectivity index (χ4v) is 1.81. The lowest BCUT2D eigenvalue weighted by atomic mass is 10.0. The zero-order valence-corrected chi connectivity index (χ0v) is 8.57. The fraction of sp³-hybridized carbons (Fsp3) is 0.455. The van der Waals surface area contributed by atoms with Gasteiger partial charge in [0.2, 0.25) is 0 Å². The second-order valence-electron chi connectivity index (χ2n) is 3.64. The van der Waals surface area contributed by atoms with Crippen molar-refractivity contribution in [2.75, 3.05) is 13.7 Å². The quantitative estimate of drug-likeness (QED) is 0.808. The van der Waals surface area contributed by atoms with Crippen LogP contribution in [0.2, 0.25) is 0 Å². The van der Waals surface area contributed by atoms with Gasteiger partial charge in [-0.15, -0.1) is 0 Å². The third kappa shape index (κ3) is 1.96. The highest BCUT2D eigenvalue weighted by molar-refractivity contribution is 5.31. The molecule has 82 valence electrons. The van der Waals surface area contributed by atoms with Crippen LogP contribution >= 0.6 is 0 Å². The van der Waals surface area contributed by atoms with E-state index in [0.29, 0.717) is 6.61 Å². The molecule has 0 amide bonds. The molecule has 0 bridgehead atoms. The van der Waals surface area contributed by atoms with Crippen LogP contribution in [0.5, 0.6) is 5.75 Å². The van der Waals surface area contributed by atoms with Crippen LogP contribution in [-0.4, -0.2) is 19.8 Å². The van der Waals surface area contributed by atoms with Crippen molar-refractivity contribution in [3.8, 4) is 5.75 Å². The van der Waals surface area contributed by atoms with Gasteiger partial charge >= 0.3 is 0 Å². The smallest absolute Gasteiger partial charge is 0.165 e. The summed E-state index contributed by atoms with van der Waals surface area (Å²) in [4.78, 5) is 0. The first-order chi connectivity index (χ1) is 7.22. The summed E-state index contributed by atoms with van der Waals surface area (Å²) in [6, 6.07) is 4.77. The number of hydrogen-bond acceptors (Lipinski definition) is 3. The molecule has 1 aliphatic heterocycles. The second kappa shape index (κ2) is 4.16. The van der Waals surface area contributed by atoms with E-state index < -0.39 is 0 Å². The van der Waals surface area contributed by atoms with E-state index >= 15 is 0 Å². The van der Waals surface area contributed by atoms with Crippen molar-refractivity contribution in [2.45, 2.75) is 18.6 Å². The lowest BCUT2D eigenvalue weighted by Gasteiger charge is -2.15. The maximum atomic E-state index is 13.4. The van der Waals surface area contributed by atoms with E-state index in [1.807, 2.05) is 0 Å². The third-order valence-corrected chi connectivity index (χ3v) is 2.64. The Hall–Kier alpha value is -1.13. The minimum Gasteiger partial charge on any atom is -0.494 e. The Labute approximate surface area is 88.0 Å². The molecule has 0 radical (unpaired) electrons. The van der Waals surface area contributed by atoms with E-state index in [4.69, 9.17) is 15.2 Å². The largest absolute Gasteiger partial charge is 0.494 e. The average Bonchev–Trinajstić information content (AvgIpc) is 2.64. The normalized spacial score (nSPS) is 25.5. The van der Waals surface area contributed by atoms with Crippen molar-refractivity contribution in [1.29, 1.82) is 0 Å². The van der Waals surface area contributed by atoms with E-state index in [-0.39, 0.29) is 23.7 Å². The molecule has 2 atom stereocenters. The van der Waals surface area contributed by atoms with Crippen LogP contribution in [0, 0.1) is 5.82 Å².